The van der Waals surface area contributed by atoms with Crippen LogP contribution in [0.4, 0.5) is 0 Å². The van der Waals surface area contributed by atoms with E-state index in [0.717, 1.165) is 22.4 Å². The van der Waals surface area contributed by atoms with Crippen LogP contribution < -0.4 is 9.47 Å². The van der Waals surface area contributed by atoms with Gasteiger partial charge in [0, 0.05) is 11.4 Å². The summed E-state index contributed by atoms with van der Waals surface area (Å²) in [5, 5.41) is 1.95. The molecule has 0 saturated heterocycles. The fourth-order valence-electron chi connectivity index (χ4n) is 3.22. The van der Waals surface area contributed by atoms with E-state index in [-0.39, 0.29) is 12.3 Å². The molecular formula is C19H21NO5S. The van der Waals surface area contributed by atoms with Crippen molar-refractivity contribution in [3.8, 4) is 11.5 Å². The fraction of sp³-hybridized carbons (Fsp3) is 0.368. The molecule has 138 valence electrons. The number of ether oxygens (including phenoxy) is 3. The van der Waals surface area contributed by atoms with Gasteiger partial charge in [-0.2, -0.15) is 0 Å². The summed E-state index contributed by atoms with van der Waals surface area (Å²) in [6, 6.07) is 6.60. The lowest BCUT2D eigenvalue weighted by atomic mass is 9.98. The zero-order valence-corrected chi connectivity index (χ0v) is 15.8. The number of amides is 1. The molecule has 1 aliphatic rings. The molecule has 0 saturated carbocycles. The van der Waals surface area contributed by atoms with Gasteiger partial charge in [-0.1, -0.05) is 6.07 Å². The molecule has 3 rings (SSSR count). The number of benzene rings is 1. The molecule has 26 heavy (non-hydrogen) atoms. The van der Waals surface area contributed by atoms with Gasteiger partial charge in [-0.05, 0) is 41.1 Å². The zero-order valence-electron chi connectivity index (χ0n) is 15.0. The minimum atomic E-state index is -0.678. The molecule has 0 bridgehead atoms. The average molecular weight is 375 g/mol. The molecule has 1 atom stereocenters. The summed E-state index contributed by atoms with van der Waals surface area (Å²) in [5.41, 5.74) is 1.67. The van der Waals surface area contributed by atoms with Gasteiger partial charge in [0.1, 0.15) is 0 Å². The second kappa shape index (κ2) is 7.78. The van der Waals surface area contributed by atoms with Crippen LogP contribution in [0.1, 0.15) is 22.0 Å². The number of carbonyl (C=O) groups is 2. The van der Waals surface area contributed by atoms with Crippen molar-refractivity contribution in [2.45, 2.75) is 18.9 Å². The lowest BCUT2D eigenvalue weighted by molar-refractivity contribution is -0.153. The largest absolute Gasteiger partial charge is 0.493 e. The highest BCUT2D eigenvalue weighted by Gasteiger charge is 2.37. The molecule has 0 aliphatic carbocycles. The van der Waals surface area contributed by atoms with Crippen LogP contribution in [-0.4, -0.2) is 44.7 Å². The lowest BCUT2D eigenvalue weighted by Crippen LogP contribution is -2.44. The number of thiophene rings is 1. The summed E-state index contributed by atoms with van der Waals surface area (Å²) < 4.78 is 15.5. The Kier molecular flexibility index (Phi) is 5.46. The molecule has 1 amide bonds. The summed E-state index contributed by atoms with van der Waals surface area (Å²) in [7, 11) is 4.47. The first-order valence-corrected chi connectivity index (χ1v) is 9.11. The number of nitrogens with zero attached hydrogens (tertiary/aromatic N) is 1. The highest BCUT2D eigenvalue weighted by Crippen LogP contribution is 2.35. The van der Waals surface area contributed by atoms with Crippen LogP contribution in [-0.2, 0) is 27.2 Å². The van der Waals surface area contributed by atoms with E-state index in [1.54, 1.807) is 42.6 Å². The maximum absolute atomic E-state index is 12.9. The predicted octanol–water partition coefficient (Wildman–Crippen LogP) is 2.61. The van der Waals surface area contributed by atoms with Crippen molar-refractivity contribution in [1.82, 2.24) is 4.90 Å². The molecule has 2 heterocycles. The molecule has 6 nitrogen and oxygen atoms in total. The predicted molar refractivity (Wildman–Crippen MR) is 97.7 cm³/mol. The Balaban J connectivity index is 1.84. The number of fused-ring (bicyclic) bond motifs is 1. The van der Waals surface area contributed by atoms with Crippen molar-refractivity contribution in [2.75, 3.05) is 27.9 Å². The maximum atomic E-state index is 12.9. The standard InChI is InChI=1S/C19H21NO5S/c1-23-14-5-4-12(10-15(14)24-2)11-17(21)20-8-6-16-13(7-9-26-16)18(20)19(22)25-3/h4-5,7,9-10,18H,6,8,11H2,1-3H3. The first-order valence-electron chi connectivity index (χ1n) is 8.23. The summed E-state index contributed by atoms with van der Waals surface area (Å²) >= 11 is 1.61. The zero-order chi connectivity index (χ0) is 18.7. The Morgan fingerprint density at radius 3 is 2.62 bits per heavy atom. The van der Waals surface area contributed by atoms with Crippen molar-refractivity contribution in [3.63, 3.8) is 0 Å². The van der Waals surface area contributed by atoms with Gasteiger partial charge in [-0.3, -0.25) is 4.79 Å². The van der Waals surface area contributed by atoms with Gasteiger partial charge >= 0.3 is 5.97 Å². The highest BCUT2D eigenvalue weighted by atomic mass is 32.1. The van der Waals surface area contributed by atoms with E-state index in [1.807, 2.05) is 17.5 Å². The van der Waals surface area contributed by atoms with Crippen LogP contribution in [0.5, 0.6) is 11.5 Å². The van der Waals surface area contributed by atoms with Crippen LogP contribution in [0.2, 0.25) is 0 Å². The van der Waals surface area contributed by atoms with Crippen molar-refractivity contribution in [3.05, 3.63) is 45.6 Å². The third-order valence-electron chi connectivity index (χ3n) is 4.51. The Morgan fingerprint density at radius 1 is 1.15 bits per heavy atom. The Bertz CT molecular complexity index is 816. The van der Waals surface area contributed by atoms with Gasteiger partial charge in [-0.25, -0.2) is 4.79 Å². The van der Waals surface area contributed by atoms with Crippen LogP contribution in [0.3, 0.4) is 0 Å². The van der Waals surface area contributed by atoms with Gasteiger partial charge in [0.2, 0.25) is 5.91 Å². The van der Waals surface area contributed by atoms with Gasteiger partial charge in [0.05, 0.1) is 27.8 Å². The second-order valence-corrected chi connectivity index (χ2v) is 6.93. The van der Waals surface area contributed by atoms with E-state index < -0.39 is 12.0 Å². The molecule has 0 radical (unpaired) electrons. The van der Waals surface area contributed by atoms with E-state index in [2.05, 4.69) is 0 Å². The summed E-state index contributed by atoms with van der Waals surface area (Å²) in [6.07, 6.45) is 0.922. The van der Waals surface area contributed by atoms with Gasteiger partial charge in [-0.15, -0.1) is 11.3 Å². The van der Waals surface area contributed by atoms with Gasteiger partial charge < -0.3 is 19.1 Å². The van der Waals surface area contributed by atoms with Crippen molar-refractivity contribution < 1.29 is 23.8 Å². The Labute approximate surface area is 156 Å². The van der Waals surface area contributed by atoms with Crippen molar-refractivity contribution in [1.29, 1.82) is 0 Å². The van der Waals surface area contributed by atoms with Crippen LogP contribution in [0.25, 0.3) is 0 Å². The second-order valence-electron chi connectivity index (χ2n) is 5.93. The molecule has 1 aromatic carbocycles. The van der Waals surface area contributed by atoms with Crippen molar-refractivity contribution >= 4 is 23.2 Å². The lowest BCUT2D eigenvalue weighted by Gasteiger charge is -2.34. The Morgan fingerprint density at radius 2 is 1.92 bits per heavy atom. The molecule has 0 fully saturated rings. The smallest absolute Gasteiger partial charge is 0.333 e. The third kappa shape index (κ3) is 3.39. The molecule has 1 aromatic heterocycles. The number of hydrogen-bond acceptors (Lipinski definition) is 6. The van der Waals surface area contributed by atoms with Gasteiger partial charge in [0.15, 0.2) is 17.5 Å². The topological polar surface area (TPSA) is 65.1 Å². The minimum Gasteiger partial charge on any atom is -0.493 e. The number of carbonyl (C=O) groups excluding carboxylic acids is 2. The number of esters is 1. The SMILES string of the molecule is COC(=O)C1c2ccsc2CCN1C(=O)Cc1ccc(OC)c(OC)c1. The molecule has 2 aromatic rings. The number of methoxy groups -OCH3 is 3. The molecular weight excluding hydrogens is 354 g/mol. The Hall–Kier alpha value is -2.54. The monoisotopic (exact) mass is 375 g/mol. The normalized spacial score (nSPS) is 16.0. The number of rotatable bonds is 5. The van der Waals surface area contributed by atoms with E-state index in [0.29, 0.717) is 18.0 Å². The van der Waals surface area contributed by atoms with E-state index in [1.165, 1.54) is 7.11 Å². The van der Waals surface area contributed by atoms with E-state index >= 15 is 0 Å². The average Bonchev–Trinajstić information content (AvgIpc) is 3.15. The molecule has 0 spiro atoms. The van der Waals surface area contributed by atoms with E-state index in [4.69, 9.17) is 14.2 Å². The quantitative estimate of drug-likeness (QED) is 0.752. The highest BCUT2D eigenvalue weighted by molar-refractivity contribution is 7.10. The van der Waals surface area contributed by atoms with Crippen LogP contribution in [0, 0.1) is 0 Å². The molecule has 0 N–H and O–H groups in total. The van der Waals surface area contributed by atoms with Crippen LogP contribution in [0.15, 0.2) is 29.6 Å². The summed E-state index contributed by atoms with van der Waals surface area (Å²) in [5.74, 6) is 0.646. The summed E-state index contributed by atoms with van der Waals surface area (Å²) in [6.45, 7) is 0.499. The minimum absolute atomic E-state index is 0.121. The molecule has 1 aliphatic heterocycles. The van der Waals surface area contributed by atoms with Crippen LogP contribution >= 0.6 is 11.3 Å². The molecule has 1 unspecified atom stereocenters. The third-order valence-corrected chi connectivity index (χ3v) is 5.51. The maximum Gasteiger partial charge on any atom is 0.333 e. The van der Waals surface area contributed by atoms with Crippen molar-refractivity contribution in [2.24, 2.45) is 0 Å². The van der Waals surface area contributed by atoms with Gasteiger partial charge in [0.25, 0.3) is 0 Å². The first-order chi connectivity index (χ1) is 12.6. The van der Waals surface area contributed by atoms with E-state index in [9.17, 15) is 9.59 Å². The fourth-order valence-corrected chi connectivity index (χ4v) is 4.12. The first kappa shape index (κ1) is 18.3. The molecule has 7 heteroatoms. The summed E-state index contributed by atoms with van der Waals surface area (Å²) in [4.78, 5) is 28.0. The number of hydrogen-bond donors (Lipinski definition) is 0.